The molecule has 3 rings (SSSR count). The Morgan fingerprint density at radius 1 is 1.33 bits per heavy atom. The van der Waals surface area contributed by atoms with Gasteiger partial charge < -0.3 is 39.9 Å². The number of anilines is 1. The molecule has 0 aromatic carbocycles. The summed E-state index contributed by atoms with van der Waals surface area (Å²) >= 11 is 0. The third-order valence-electron chi connectivity index (χ3n) is 4.53. The lowest BCUT2D eigenvalue weighted by molar-refractivity contribution is -0.155. The first-order valence-corrected chi connectivity index (χ1v) is 10.9. The molecule has 0 spiro atoms. The van der Waals surface area contributed by atoms with Crippen LogP contribution in [0.5, 0.6) is 0 Å². The molecule has 33 heavy (non-hydrogen) atoms. The zero-order valence-corrected chi connectivity index (χ0v) is 17.6. The number of fused-ring (bicyclic) bond motifs is 1. The Morgan fingerprint density at radius 2 is 2.00 bits per heavy atom. The van der Waals surface area contributed by atoms with Crippen molar-refractivity contribution in [3.8, 4) is 0 Å². The van der Waals surface area contributed by atoms with E-state index < -0.39 is 74.0 Å². The van der Waals surface area contributed by atoms with Crippen molar-refractivity contribution in [2.45, 2.75) is 43.5 Å². The Bertz CT molecular complexity index is 1080. The number of nitrogens with two attached hydrogens (primary N) is 1. The summed E-state index contributed by atoms with van der Waals surface area (Å²) in [4.78, 5) is 40.7. The van der Waals surface area contributed by atoms with Gasteiger partial charge in [-0.05, 0) is 6.92 Å². The van der Waals surface area contributed by atoms with Crippen LogP contribution >= 0.6 is 7.60 Å². The van der Waals surface area contributed by atoms with Crippen molar-refractivity contribution in [1.82, 2.24) is 19.5 Å². The number of aromatic nitrogens is 4. The number of nitrogens with zero attached hydrogens (tertiary/aromatic N) is 4. The van der Waals surface area contributed by atoms with Crippen LogP contribution in [-0.2, 0) is 29.7 Å². The van der Waals surface area contributed by atoms with Crippen LogP contribution in [0.1, 0.15) is 19.0 Å². The van der Waals surface area contributed by atoms with Crippen molar-refractivity contribution in [3.05, 3.63) is 12.2 Å². The first-order chi connectivity index (χ1) is 15.3. The number of alkyl halides is 3. The van der Waals surface area contributed by atoms with E-state index in [1.54, 1.807) is 0 Å². The highest BCUT2D eigenvalue weighted by molar-refractivity contribution is 7.53. The van der Waals surface area contributed by atoms with Gasteiger partial charge in [-0.2, -0.15) is 13.2 Å². The monoisotopic (exact) mass is 501 g/mol. The Balaban J connectivity index is 1.85. The molecule has 1 aliphatic heterocycles. The highest BCUT2D eigenvalue weighted by Crippen LogP contribution is 2.43. The molecule has 0 saturated carbocycles. The van der Waals surface area contributed by atoms with Crippen LogP contribution in [-0.4, -0.2) is 82.9 Å². The number of carbonyl (C=O) groups is 1. The minimum absolute atomic E-state index is 0.194. The molecular formula is C15H19F3N5O9P. The molecule has 0 amide bonds. The molecule has 1 saturated heterocycles. The second kappa shape index (κ2) is 9.09. The van der Waals surface area contributed by atoms with E-state index in [9.17, 15) is 42.5 Å². The fourth-order valence-electron chi connectivity index (χ4n) is 3.05. The van der Waals surface area contributed by atoms with Gasteiger partial charge in [-0.1, -0.05) is 0 Å². The lowest BCUT2D eigenvalue weighted by Gasteiger charge is -2.20. The molecule has 2 aromatic rings. The molecule has 0 bridgehead atoms. The maximum absolute atomic E-state index is 13.1. The van der Waals surface area contributed by atoms with E-state index in [0.29, 0.717) is 0 Å². The first-order valence-electron chi connectivity index (χ1n) is 9.18. The van der Waals surface area contributed by atoms with E-state index in [1.807, 2.05) is 0 Å². The predicted molar refractivity (Wildman–Crippen MR) is 99.1 cm³/mol. The van der Waals surface area contributed by atoms with Crippen LogP contribution in [0, 0.1) is 0 Å². The number of carbonyl (C=O) groups excluding carboxylic acids is 1. The summed E-state index contributed by atoms with van der Waals surface area (Å²) in [5.74, 6) is -5.83. The van der Waals surface area contributed by atoms with Gasteiger partial charge in [0.15, 0.2) is 17.7 Å². The number of hydrogen-bond acceptors (Lipinski definition) is 11. The lowest BCUT2D eigenvalue weighted by atomic mass is 10.1. The molecule has 3 heterocycles. The molecule has 184 valence electrons. The molecule has 1 fully saturated rings. The minimum Gasteiger partial charge on any atom is -0.464 e. The Morgan fingerprint density at radius 3 is 2.58 bits per heavy atom. The maximum atomic E-state index is 13.1. The molecule has 5 atom stereocenters. The maximum Gasteiger partial charge on any atom is 0.451 e. The number of halogens is 3. The smallest absolute Gasteiger partial charge is 0.451 e. The van der Waals surface area contributed by atoms with E-state index in [2.05, 4.69) is 19.7 Å². The summed E-state index contributed by atoms with van der Waals surface area (Å²) in [5, 5.41) is 20.6. The second-order valence-electron chi connectivity index (χ2n) is 6.83. The third kappa shape index (κ3) is 5.08. The molecule has 1 aliphatic rings. The fourth-order valence-corrected chi connectivity index (χ4v) is 3.68. The first kappa shape index (κ1) is 25.2. The molecule has 14 nitrogen and oxygen atoms in total. The van der Waals surface area contributed by atoms with Gasteiger partial charge in [0.05, 0.1) is 19.5 Å². The number of hydrogen-bond donors (Lipinski definition) is 5. The second-order valence-corrected chi connectivity index (χ2v) is 8.47. The average molecular weight is 501 g/mol. The number of rotatable bonds is 7. The standard InChI is InChI=1S/C15H19F3N5O9P/c1-2-30-12(26)13(33(27,28)29)31-3-5-7(24)8(25)11(32-5)23-4-20-6-9(19)21-14(15(16,17)18)22-10(6)23/h4-5,7-8,11,13,24-25H,2-3H2,1H3,(H2,19,21,22)(H2,27,28,29)/t5-,7+,8-,11-,13-/m1/s1. The molecule has 18 heteroatoms. The van der Waals surface area contributed by atoms with Crippen molar-refractivity contribution in [2.75, 3.05) is 18.9 Å². The molecular weight excluding hydrogens is 482 g/mol. The predicted octanol–water partition coefficient (Wildman–Crippen LogP) is -0.870. The van der Waals surface area contributed by atoms with Gasteiger partial charge in [0.25, 0.3) is 5.85 Å². The van der Waals surface area contributed by atoms with E-state index in [0.717, 1.165) is 10.9 Å². The number of esters is 1. The van der Waals surface area contributed by atoms with Gasteiger partial charge in [-0.15, -0.1) is 0 Å². The quantitative estimate of drug-likeness (QED) is 0.231. The van der Waals surface area contributed by atoms with Crippen molar-refractivity contribution >= 4 is 30.5 Å². The summed E-state index contributed by atoms with van der Waals surface area (Å²) < 4.78 is 66.4. The average Bonchev–Trinajstić information content (AvgIpc) is 3.23. The van der Waals surface area contributed by atoms with Crippen LogP contribution in [0.2, 0.25) is 0 Å². The molecule has 0 aliphatic carbocycles. The van der Waals surface area contributed by atoms with Gasteiger partial charge in [-0.25, -0.2) is 19.7 Å². The van der Waals surface area contributed by atoms with E-state index in [4.69, 9.17) is 15.2 Å². The zero-order chi connectivity index (χ0) is 24.7. The summed E-state index contributed by atoms with van der Waals surface area (Å²) in [6.45, 7) is 0.414. The van der Waals surface area contributed by atoms with Gasteiger partial charge in [0.2, 0.25) is 5.82 Å². The minimum atomic E-state index is -5.13. The Hall–Kier alpha value is -2.40. The zero-order valence-electron chi connectivity index (χ0n) is 16.7. The van der Waals surface area contributed by atoms with Gasteiger partial charge in [0, 0.05) is 0 Å². The van der Waals surface area contributed by atoms with Crippen molar-refractivity contribution in [2.24, 2.45) is 0 Å². The van der Waals surface area contributed by atoms with Crippen LogP contribution in [0.15, 0.2) is 6.33 Å². The SMILES string of the molecule is CCOC(=O)[C@H](OC[C@H]1O[C@@H](n2cnc3c(N)nc(C(F)(F)F)nc32)[C@H](O)[C@H]1O)P(=O)(O)O. The number of aliphatic hydroxyl groups excluding tert-OH is 2. The van der Waals surface area contributed by atoms with E-state index in [1.165, 1.54) is 6.92 Å². The topological polar surface area (TPSA) is 212 Å². The number of imidazole rings is 1. The van der Waals surface area contributed by atoms with E-state index in [-0.39, 0.29) is 12.1 Å². The largest absolute Gasteiger partial charge is 0.464 e. The van der Waals surface area contributed by atoms with Crippen molar-refractivity contribution in [1.29, 1.82) is 0 Å². The Kier molecular flexibility index (Phi) is 6.95. The van der Waals surface area contributed by atoms with Crippen LogP contribution < -0.4 is 5.73 Å². The summed E-state index contributed by atoms with van der Waals surface area (Å²) in [5.41, 5.74) is 4.84. The highest BCUT2D eigenvalue weighted by atomic mass is 31.2. The number of aliphatic hydroxyl groups is 2. The molecule has 0 unspecified atom stereocenters. The van der Waals surface area contributed by atoms with E-state index >= 15 is 0 Å². The van der Waals surface area contributed by atoms with Gasteiger partial charge in [0.1, 0.15) is 23.8 Å². The summed E-state index contributed by atoms with van der Waals surface area (Å²) in [6.07, 6.45) is -10.5. The van der Waals surface area contributed by atoms with Gasteiger partial charge in [-0.3, -0.25) is 9.13 Å². The fraction of sp³-hybridized carbons (Fsp3) is 0.600. The molecule has 2 aromatic heterocycles. The number of ether oxygens (including phenoxy) is 3. The normalized spacial score (nSPS) is 24.8. The van der Waals surface area contributed by atoms with Crippen molar-refractivity contribution in [3.63, 3.8) is 0 Å². The van der Waals surface area contributed by atoms with Crippen LogP contribution in [0.3, 0.4) is 0 Å². The molecule has 0 radical (unpaired) electrons. The summed E-state index contributed by atoms with van der Waals surface area (Å²) in [7, 11) is -5.13. The van der Waals surface area contributed by atoms with Crippen molar-refractivity contribution < 1.29 is 56.7 Å². The Labute approximate surface area is 182 Å². The number of nitrogen functional groups attached to an aromatic ring is 1. The summed E-state index contributed by atoms with van der Waals surface area (Å²) in [6, 6.07) is 0. The molecule has 6 N–H and O–H groups in total. The third-order valence-corrected chi connectivity index (χ3v) is 5.50. The highest BCUT2D eigenvalue weighted by Gasteiger charge is 2.47. The lowest BCUT2D eigenvalue weighted by Crippen LogP contribution is -2.36. The van der Waals surface area contributed by atoms with Crippen LogP contribution in [0.25, 0.3) is 11.2 Å². The van der Waals surface area contributed by atoms with Crippen LogP contribution in [0.4, 0.5) is 19.0 Å². The van der Waals surface area contributed by atoms with Gasteiger partial charge >= 0.3 is 19.7 Å².